The van der Waals surface area contributed by atoms with Gasteiger partial charge in [-0.3, -0.25) is 4.90 Å². The Morgan fingerprint density at radius 1 is 1.25 bits per heavy atom. The molecule has 0 bridgehead atoms. The maximum Gasteiger partial charge on any atom is 0.0480 e. The van der Waals surface area contributed by atoms with Gasteiger partial charge < -0.3 is 14.6 Å². The van der Waals surface area contributed by atoms with Gasteiger partial charge in [0, 0.05) is 44.5 Å². The molecule has 0 unspecified atom stereocenters. The van der Waals surface area contributed by atoms with Crippen LogP contribution in [0.4, 0.5) is 0 Å². The number of rotatable bonds is 6. The second kappa shape index (κ2) is 7.68. The molecular weight excluding hydrogens is 298 g/mol. The summed E-state index contributed by atoms with van der Waals surface area (Å²) in [4.78, 5) is 4.96. The zero-order valence-electron chi connectivity index (χ0n) is 15.3. The third-order valence-corrected chi connectivity index (χ3v) is 5.53. The maximum absolute atomic E-state index is 9.20. The van der Waals surface area contributed by atoms with E-state index in [1.165, 1.54) is 22.9 Å². The molecule has 1 fully saturated rings. The molecule has 24 heavy (non-hydrogen) atoms. The molecule has 132 valence electrons. The molecule has 1 N–H and O–H groups in total. The second-order valence-corrected chi connectivity index (χ2v) is 7.50. The Kier molecular flexibility index (Phi) is 5.59. The lowest BCUT2D eigenvalue weighted by Gasteiger charge is -2.41. The molecule has 1 saturated heterocycles. The summed E-state index contributed by atoms with van der Waals surface area (Å²) in [6, 6.07) is 9.65. The highest BCUT2D eigenvalue weighted by Crippen LogP contribution is 2.26. The Morgan fingerprint density at radius 2 is 2.08 bits per heavy atom. The molecule has 1 aromatic carbocycles. The Morgan fingerprint density at radius 3 is 2.83 bits per heavy atom. The van der Waals surface area contributed by atoms with Crippen LogP contribution in [0.2, 0.25) is 0 Å². The number of aryl methyl sites for hydroxylation is 1. The van der Waals surface area contributed by atoms with Crippen LogP contribution in [0.3, 0.4) is 0 Å². The van der Waals surface area contributed by atoms with Crippen LogP contribution in [0, 0.1) is 5.92 Å². The molecule has 2 heterocycles. The van der Waals surface area contributed by atoms with Gasteiger partial charge >= 0.3 is 0 Å². The normalized spacial score (nSPS) is 22.5. The summed E-state index contributed by atoms with van der Waals surface area (Å²) in [6.07, 6.45) is 5.38. The molecule has 2 aromatic rings. The summed E-state index contributed by atoms with van der Waals surface area (Å²) < 4.78 is 2.20. The number of likely N-dealkylation sites (tertiary alicyclic amines) is 1. The first-order valence-corrected chi connectivity index (χ1v) is 9.12. The van der Waals surface area contributed by atoms with E-state index in [9.17, 15) is 5.11 Å². The summed E-state index contributed by atoms with van der Waals surface area (Å²) >= 11 is 0. The van der Waals surface area contributed by atoms with Crippen molar-refractivity contribution >= 4 is 10.9 Å². The number of hydrogen-bond donors (Lipinski definition) is 1. The Labute approximate surface area is 145 Å². The summed E-state index contributed by atoms with van der Waals surface area (Å²) in [7, 11) is 6.49. The molecular formula is C20H31N3O. The fraction of sp³-hybridized carbons (Fsp3) is 0.600. The molecule has 3 rings (SSSR count). The van der Waals surface area contributed by atoms with E-state index in [-0.39, 0.29) is 0 Å². The van der Waals surface area contributed by atoms with Gasteiger partial charge in [0.25, 0.3) is 0 Å². The molecule has 4 nitrogen and oxygen atoms in total. The van der Waals surface area contributed by atoms with E-state index in [1.54, 1.807) is 0 Å². The number of aromatic nitrogens is 1. The number of hydrogen-bond acceptors (Lipinski definition) is 3. The molecule has 2 atom stereocenters. The summed E-state index contributed by atoms with van der Waals surface area (Å²) in [5, 5.41) is 10.5. The SMILES string of the molecule is CN(C)[C@H]1CCN(Cc2ccc3ccn(C)c3c2)C[C@H]1CCCO. The van der Waals surface area contributed by atoms with Crippen molar-refractivity contribution in [1.82, 2.24) is 14.4 Å². The molecule has 1 aliphatic heterocycles. The van der Waals surface area contributed by atoms with E-state index in [1.807, 2.05) is 0 Å². The van der Waals surface area contributed by atoms with Crippen molar-refractivity contribution in [2.75, 3.05) is 33.8 Å². The van der Waals surface area contributed by atoms with E-state index in [2.05, 4.69) is 66.0 Å². The molecule has 0 radical (unpaired) electrons. The summed E-state index contributed by atoms with van der Waals surface area (Å²) in [5.41, 5.74) is 2.71. The minimum absolute atomic E-state index is 0.306. The van der Waals surface area contributed by atoms with Crippen LogP contribution >= 0.6 is 0 Å². The molecule has 0 aliphatic carbocycles. The fourth-order valence-corrected chi connectivity index (χ4v) is 4.22. The van der Waals surface area contributed by atoms with Crippen LogP contribution in [0.25, 0.3) is 10.9 Å². The number of aliphatic hydroxyl groups excluding tert-OH is 1. The minimum Gasteiger partial charge on any atom is -0.396 e. The average molecular weight is 329 g/mol. The molecule has 0 saturated carbocycles. The van der Waals surface area contributed by atoms with Gasteiger partial charge in [0.1, 0.15) is 0 Å². The number of aliphatic hydroxyl groups is 1. The Bertz CT molecular complexity index is 664. The average Bonchev–Trinajstić information content (AvgIpc) is 2.94. The van der Waals surface area contributed by atoms with E-state index < -0.39 is 0 Å². The molecule has 0 spiro atoms. The van der Waals surface area contributed by atoms with Gasteiger partial charge in [-0.05, 0) is 68.9 Å². The smallest absolute Gasteiger partial charge is 0.0480 e. The predicted octanol–water partition coefficient (Wildman–Crippen LogP) is 2.70. The first-order valence-electron chi connectivity index (χ1n) is 9.12. The highest BCUT2D eigenvalue weighted by Gasteiger charge is 2.30. The summed E-state index contributed by atoms with van der Waals surface area (Å²) in [5.74, 6) is 0.652. The quantitative estimate of drug-likeness (QED) is 0.884. The molecule has 1 aromatic heterocycles. The third-order valence-electron chi connectivity index (χ3n) is 5.53. The van der Waals surface area contributed by atoms with Crippen LogP contribution in [-0.4, -0.2) is 59.3 Å². The fourth-order valence-electron chi connectivity index (χ4n) is 4.22. The van der Waals surface area contributed by atoms with Gasteiger partial charge in [-0.1, -0.05) is 12.1 Å². The van der Waals surface area contributed by atoms with Crippen molar-refractivity contribution in [2.45, 2.75) is 31.8 Å². The van der Waals surface area contributed by atoms with Crippen LogP contribution < -0.4 is 0 Å². The van der Waals surface area contributed by atoms with Crippen LogP contribution in [0.1, 0.15) is 24.8 Å². The van der Waals surface area contributed by atoms with Crippen molar-refractivity contribution in [2.24, 2.45) is 13.0 Å². The van der Waals surface area contributed by atoms with Gasteiger partial charge in [-0.15, -0.1) is 0 Å². The lowest BCUT2D eigenvalue weighted by atomic mass is 9.87. The monoisotopic (exact) mass is 329 g/mol. The van der Waals surface area contributed by atoms with Crippen molar-refractivity contribution in [3.05, 3.63) is 36.0 Å². The Balaban J connectivity index is 1.68. The van der Waals surface area contributed by atoms with Gasteiger partial charge in [0.2, 0.25) is 0 Å². The lowest BCUT2D eigenvalue weighted by molar-refractivity contribution is 0.0717. The van der Waals surface area contributed by atoms with E-state index in [0.717, 1.165) is 32.5 Å². The van der Waals surface area contributed by atoms with Crippen molar-refractivity contribution in [1.29, 1.82) is 0 Å². The van der Waals surface area contributed by atoms with Gasteiger partial charge in [0.05, 0.1) is 0 Å². The van der Waals surface area contributed by atoms with E-state index >= 15 is 0 Å². The number of benzene rings is 1. The van der Waals surface area contributed by atoms with Gasteiger partial charge in [0.15, 0.2) is 0 Å². The predicted molar refractivity (Wildman–Crippen MR) is 100 cm³/mol. The first kappa shape index (κ1) is 17.5. The van der Waals surface area contributed by atoms with Gasteiger partial charge in [-0.25, -0.2) is 0 Å². The molecule has 4 heteroatoms. The van der Waals surface area contributed by atoms with Crippen LogP contribution in [0.5, 0.6) is 0 Å². The van der Waals surface area contributed by atoms with E-state index in [0.29, 0.717) is 18.6 Å². The third kappa shape index (κ3) is 3.82. The number of piperidine rings is 1. The van der Waals surface area contributed by atoms with E-state index in [4.69, 9.17) is 0 Å². The van der Waals surface area contributed by atoms with Crippen molar-refractivity contribution in [3.8, 4) is 0 Å². The summed E-state index contributed by atoms with van der Waals surface area (Å²) in [6.45, 7) is 3.62. The maximum atomic E-state index is 9.20. The van der Waals surface area contributed by atoms with Gasteiger partial charge in [-0.2, -0.15) is 0 Å². The zero-order chi connectivity index (χ0) is 17.1. The largest absolute Gasteiger partial charge is 0.396 e. The lowest BCUT2D eigenvalue weighted by Crippen LogP contribution is -2.48. The topological polar surface area (TPSA) is 31.6 Å². The van der Waals surface area contributed by atoms with Crippen molar-refractivity contribution < 1.29 is 5.11 Å². The minimum atomic E-state index is 0.306. The molecule has 0 amide bonds. The Hall–Kier alpha value is -1.36. The van der Waals surface area contributed by atoms with Crippen molar-refractivity contribution in [3.63, 3.8) is 0 Å². The zero-order valence-corrected chi connectivity index (χ0v) is 15.3. The molecule has 1 aliphatic rings. The highest BCUT2D eigenvalue weighted by molar-refractivity contribution is 5.80. The number of nitrogens with zero attached hydrogens (tertiary/aromatic N) is 3. The van der Waals surface area contributed by atoms with Crippen LogP contribution in [-0.2, 0) is 13.6 Å². The standard InChI is InChI=1S/C20H31N3O/c1-21(2)19-9-11-23(15-18(19)5-4-12-24)14-16-6-7-17-8-10-22(3)20(17)13-16/h6-8,10,13,18-19,24H,4-5,9,11-12,14-15H2,1-3H3/t18-,19+/m1/s1. The highest BCUT2D eigenvalue weighted by atomic mass is 16.2. The number of fused-ring (bicyclic) bond motifs is 1. The second-order valence-electron chi connectivity index (χ2n) is 7.50. The first-order chi connectivity index (χ1) is 11.6. The van der Waals surface area contributed by atoms with Crippen LogP contribution in [0.15, 0.2) is 30.5 Å².